The molecule has 5 rings (SSSR count). The molecule has 0 radical (unpaired) electrons. The summed E-state index contributed by atoms with van der Waals surface area (Å²) in [7, 11) is 0. The second kappa shape index (κ2) is 7.18. The smallest absolute Gasteiger partial charge is 0.256 e. The quantitative estimate of drug-likeness (QED) is 0.339. The molecule has 0 saturated carbocycles. The van der Waals surface area contributed by atoms with Gasteiger partial charge in [0.25, 0.3) is 5.91 Å². The number of nitrogens with zero attached hydrogens (tertiary/aromatic N) is 1. The minimum Gasteiger partial charge on any atom is -0.436 e. The summed E-state index contributed by atoms with van der Waals surface area (Å²) in [5, 5.41) is 4.89. The van der Waals surface area contributed by atoms with E-state index in [-0.39, 0.29) is 5.91 Å². The highest BCUT2D eigenvalue weighted by molar-refractivity contribution is 9.10. The number of fused-ring (bicyclic) bond motifs is 2. The molecular formula is C24H15BrN2O2. The number of hydrogen-bond donors (Lipinski definition) is 1. The number of halogens is 1. The topological polar surface area (TPSA) is 55.1 Å². The number of amides is 1. The molecule has 0 aliphatic rings. The third kappa shape index (κ3) is 3.30. The molecule has 0 bridgehead atoms. The number of anilines is 1. The predicted molar refractivity (Wildman–Crippen MR) is 119 cm³/mol. The molecule has 5 heteroatoms. The van der Waals surface area contributed by atoms with Gasteiger partial charge in [0.1, 0.15) is 5.52 Å². The van der Waals surface area contributed by atoms with Crippen LogP contribution in [0.2, 0.25) is 0 Å². The summed E-state index contributed by atoms with van der Waals surface area (Å²) < 4.78 is 6.80. The molecule has 0 spiro atoms. The summed E-state index contributed by atoms with van der Waals surface area (Å²) in [6.45, 7) is 0. The van der Waals surface area contributed by atoms with Crippen molar-refractivity contribution in [2.24, 2.45) is 0 Å². The molecule has 1 aromatic heterocycles. The van der Waals surface area contributed by atoms with Gasteiger partial charge in [-0.15, -0.1) is 0 Å². The number of carbonyl (C=O) groups excluding carboxylic acids is 1. The van der Waals surface area contributed by atoms with Gasteiger partial charge >= 0.3 is 0 Å². The zero-order chi connectivity index (χ0) is 19.8. The van der Waals surface area contributed by atoms with Crippen molar-refractivity contribution in [1.29, 1.82) is 0 Å². The molecule has 29 heavy (non-hydrogen) atoms. The lowest BCUT2D eigenvalue weighted by molar-refractivity contribution is 0.102. The molecule has 4 nitrogen and oxygen atoms in total. The van der Waals surface area contributed by atoms with E-state index in [9.17, 15) is 4.79 Å². The highest BCUT2D eigenvalue weighted by atomic mass is 79.9. The lowest BCUT2D eigenvalue weighted by Crippen LogP contribution is -2.12. The molecule has 0 unspecified atom stereocenters. The van der Waals surface area contributed by atoms with Gasteiger partial charge in [-0.2, -0.15) is 0 Å². The molecule has 1 amide bonds. The first kappa shape index (κ1) is 17.6. The van der Waals surface area contributed by atoms with Crippen LogP contribution < -0.4 is 5.32 Å². The average molecular weight is 443 g/mol. The fourth-order valence-corrected chi connectivity index (χ4v) is 3.89. The highest BCUT2D eigenvalue weighted by Crippen LogP contribution is 2.28. The van der Waals surface area contributed by atoms with Crippen LogP contribution >= 0.6 is 15.9 Å². The summed E-state index contributed by atoms with van der Waals surface area (Å²) in [6, 6.07) is 26.7. The van der Waals surface area contributed by atoms with Gasteiger partial charge in [0.05, 0.1) is 0 Å². The van der Waals surface area contributed by atoms with Crippen LogP contribution in [0.3, 0.4) is 0 Å². The molecule has 4 aromatic carbocycles. The summed E-state index contributed by atoms with van der Waals surface area (Å²) >= 11 is 3.55. The predicted octanol–water partition coefficient (Wildman–Crippen LogP) is 6.66. The zero-order valence-electron chi connectivity index (χ0n) is 15.2. The van der Waals surface area contributed by atoms with Gasteiger partial charge in [0.2, 0.25) is 5.89 Å². The molecule has 1 N–H and O–H groups in total. The lowest BCUT2D eigenvalue weighted by Gasteiger charge is -2.09. The fraction of sp³-hybridized carbons (Fsp3) is 0. The van der Waals surface area contributed by atoms with Gasteiger partial charge in [-0.3, -0.25) is 4.79 Å². The maximum atomic E-state index is 13.0. The van der Waals surface area contributed by atoms with Gasteiger partial charge in [-0.05, 0) is 53.2 Å². The third-order valence-electron chi connectivity index (χ3n) is 4.77. The molecule has 0 saturated heterocycles. The Hall–Kier alpha value is -3.44. The van der Waals surface area contributed by atoms with E-state index < -0.39 is 0 Å². The number of hydrogen-bond acceptors (Lipinski definition) is 3. The van der Waals surface area contributed by atoms with Gasteiger partial charge in [0, 0.05) is 21.3 Å². The monoisotopic (exact) mass is 442 g/mol. The van der Waals surface area contributed by atoms with Crippen LogP contribution in [-0.2, 0) is 0 Å². The maximum absolute atomic E-state index is 13.0. The number of para-hydroxylation sites is 2. The normalized spacial score (nSPS) is 11.1. The van der Waals surface area contributed by atoms with Crippen LogP contribution in [0.15, 0.2) is 93.8 Å². The van der Waals surface area contributed by atoms with Crippen molar-refractivity contribution in [3.63, 3.8) is 0 Å². The fourth-order valence-electron chi connectivity index (χ4n) is 3.39. The van der Waals surface area contributed by atoms with E-state index in [0.29, 0.717) is 17.1 Å². The molecule has 5 aromatic rings. The first-order valence-corrected chi connectivity index (χ1v) is 9.93. The van der Waals surface area contributed by atoms with Crippen LogP contribution in [0.1, 0.15) is 10.4 Å². The number of benzene rings is 4. The minimum atomic E-state index is -0.164. The Bertz CT molecular complexity index is 1340. The van der Waals surface area contributed by atoms with E-state index in [1.165, 1.54) is 0 Å². The first-order chi connectivity index (χ1) is 14.2. The Kier molecular flexibility index (Phi) is 4.37. The van der Waals surface area contributed by atoms with Gasteiger partial charge in [0.15, 0.2) is 5.58 Å². The molecule has 0 aliphatic heterocycles. The number of carbonyl (C=O) groups is 1. The number of rotatable bonds is 3. The minimum absolute atomic E-state index is 0.164. The maximum Gasteiger partial charge on any atom is 0.256 e. The van der Waals surface area contributed by atoms with E-state index in [1.54, 1.807) is 0 Å². The Morgan fingerprint density at radius 3 is 2.55 bits per heavy atom. The van der Waals surface area contributed by atoms with Crippen molar-refractivity contribution in [1.82, 2.24) is 4.98 Å². The van der Waals surface area contributed by atoms with Crippen LogP contribution in [0, 0.1) is 0 Å². The summed E-state index contributed by atoms with van der Waals surface area (Å²) in [5.41, 5.74) is 3.65. The third-order valence-corrected chi connectivity index (χ3v) is 5.47. The Balaban J connectivity index is 1.48. The van der Waals surface area contributed by atoms with Crippen LogP contribution in [0.5, 0.6) is 0 Å². The van der Waals surface area contributed by atoms with Crippen molar-refractivity contribution in [3.05, 3.63) is 95.0 Å². The van der Waals surface area contributed by atoms with Crippen LogP contribution in [0.4, 0.5) is 5.69 Å². The van der Waals surface area contributed by atoms with E-state index in [0.717, 1.165) is 31.9 Å². The number of aromatic nitrogens is 1. The molecule has 140 valence electrons. The van der Waals surface area contributed by atoms with Gasteiger partial charge in [-0.1, -0.05) is 58.4 Å². The average Bonchev–Trinajstić information content (AvgIpc) is 3.18. The van der Waals surface area contributed by atoms with Crippen molar-refractivity contribution in [2.45, 2.75) is 0 Å². The largest absolute Gasteiger partial charge is 0.436 e. The van der Waals surface area contributed by atoms with E-state index in [1.807, 2.05) is 84.9 Å². The second-order valence-electron chi connectivity index (χ2n) is 6.66. The highest BCUT2D eigenvalue weighted by Gasteiger charge is 2.13. The number of oxazole rings is 1. The van der Waals surface area contributed by atoms with Crippen molar-refractivity contribution in [3.8, 4) is 11.5 Å². The van der Waals surface area contributed by atoms with Crippen molar-refractivity contribution in [2.75, 3.05) is 5.32 Å². The van der Waals surface area contributed by atoms with E-state index in [2.05, 4.69) is 26.2 Å². The Morgan fingerprint density at radius 2 is 1.66 bits per heavy atom. The second-order valence-corrected chi connectivity index (χ2v) is 7.52. The van der Waals surface area contributed by atoms with Crippen LogP contribution in [0.25, 0.3) is 33.3 Å². The summed E-state index contributed by atoms with van der Waals surface area (Å²) in [4.78, 5) is 17.5. The molecule has 0 fully saturated rings. The first-order valence-electron chi connectivity index (χ1n) is 9.14. The van der Waals surface area contributed by atoms with Crippen LogP contribution in [-0.4, -0.2) is 10.9 Å². The lowest BCUT2D eigenvalue weighted by atomic mass is 10.0. The zero-order valence-corrected chi connectivity index (χ0v) is 16.8. The summed E-state index contributed by atoms with van der Waals surface area (Å²) in [6.07, 6.45) is 0. The summed E-state index contributed by atoms with van der Waals surface area (Å²) in [5.74, 6) is 0.361. The van der Waals surface area contributed by atoms with Crippen molar-refractivity contribution >= 4 is 49.4 Å². The van der Waals surface area contributed by atoms with Crippen molar-refractivity contribution < 1.29 is 9.21 Å². The molecule has 1 heterocycles. The standard InChI is InChI=1S/C24H15BrN2O2/c25-20-11-5-8-17-18(20)9-4-10-19(17)23(28)26-16-7-3-6-15(14-16)24-27-21-12-1-2-13-22(21)29-24/h1-14H,(H,26,28). The Morgan fingerprint density at radius 1 is 0.862 bits per heavy atom. The van der Waals surface area contributed by atoms with Gasteiger partial charge < -0.3 is 9.73 Å². The SMILES string of the molecule is O=C(Nc1cccc(-c2nc3ccccc3o2)c1)c1cccc2c(Br)cccc12. The van der Waals surface area contributed by atoms with Gasteiger partial charge in [-0.25, -0.2) is 4.98 Å². The van der Waals surface area contributed by atoms with E-state index >= 15 is 0 Å². The van der Waals surface area contributed by atoms with E-state index in [4.69, 9.17) is 4.42 Å². The number of nitrogens with one attached hydrogen (secondary N) is 1. The molecule has 0 aliphatic carbocycles. The molecular weight excluding hydrogens is 428 g/mol. The Labute approximate surface area is 175 Å². The molecule has 0 atom stereocenters.